The standard InChI is InChI=1S/2C8H14.6C8H16/c1-6-4-7-2-3-8(6)5-7;1-6-7-2-3-8(6)5-4-7;1-7-3-5-8(2)6-4-7;1-7-4-3-5-8(2)6-7;1-8(2)6-4-3-5-7-8;1-7-5-3-4-6-8(7)2;1-7(2)8-5-3-4-6-8;1-2-5-8-6-3-4-7-8/h2*6-8H,2-5H2,1H3;2*7-8H,3-6H2,1-2H3;3-7H2,1-2H3;2*7-8H,3-6H2,1-2H3;8H,2-7H2,1H3/t6-,7?,8?;;;7-,8?;;7-,8?;;/m0..1.1../s1. The molecule has 0 N–H and O–H groups in total. The van der Waals surface area contributed by atoms with Crippen LogP contribution in [-0.2, 0) is 0 Å². The number of hydrogen-bond acceptors (Lipinski definition) is 0. The van der Waals surface area contributed by atoms with E-state index in [2.05, 4.69) is 90.0 Å². The molecule has 0 amide bonds. The van der Waals surface area contributed by atoms with Crippen LogP contribution in [0, 0.1) is 94.2 Å². The zero-order valence-corrected chi connectivity index (χ0v) is 46.9. The quantitative estimate of drug-likeness (QED) is 0.265. The van der Waals surface area contributed by atoms with Gasteiger partial charge in [-0.05, 0) is 158 Å². The first kappa shape index (κ1) is 58.3. The molecule has 10 fully saturated rings. The zero-order chi connectivity index (χ0) is 46.9. The molecular formula is C64H124. The number of fused-ring (bicyclic) bond motifs is 4. The highest BCUT2D eigenvalue weighted by Gasteiger charge is 2.38. The Balaban J connectivity index is 0.000000194. The molecule has 4 unspecified atom stereocenters. The SMILES string of the molecule is CC(C)C1CCCC1.CC1(C)CCCCC1.CC1C2CCC1CC2.CC1CCC(C)CC1.CC1CCCC[C@H]1C.CC1CCC[C@@H](C)C1.CCCC1CCCC1.C[C@H]1CC2CCC1C2. The lowest BCUT2D eigenvalue weighted by molar-refractivity contribution is 0.244. The Morgan fingerprint density at radius 1 is 0.391 bits per heavy atom. The largest absolute Gasteiger partial charge is 0.0654 e. The molecular weight excluding hydrogens is 769 g/mol. The van der Waals surface area contributed by atoms with Crippen LogP contribution in [0.4, 0.5) is 0 Å². The van der Waals surface area contributed by atoms with Gasteiger partial charge in [0.05, 0.1) is 0 Å². The summed E-state index contributed by atoms with van der Waals surface area (Å²) in [5.74, 6) is 15.9. The first-order valence-electron chi connectivity index (χ1n) is 30.6. The maximum absolute atomic E-state index is 2.44. The minimum Gasteiger partial charge on any atom is -0.0654 e. The molecule has 10 aliphatic rings. The Morgan fingerprint density at radius 3 is 1.11 bits per heavy atom. The van der Waals surface area contributed by atoms with Crippen molar-refractivity contribution in [2.45, 2.75) is 315 Å². The van der Waals surface area contributed by atoms with E-state index in [1.807, 2.05) is 0 Å². The van der Waals surface area contributed by atoms with Gasteiger partial charge in [0.15, 0.2) is 0 Å². The third-order valence-electron chi connectivity index (χ3n) is 20.2. The van der Waals surface area contributed by atoms with E-state index in [1.165, 1.54) is 173 Å². The molecule has 0 spiro atoms. The second kappa shape index (κ2) is 32.7. The van der Waals surface area contributed by atoms with E-state index < -0.39 is 0 Å². The van der Waals surface area contributed by atoms with E-state index >= 15 is 0 Å². The van der Waals surface area contributed by atoms with Crippen molar-refractivity contribution in [3.63, 3.8) is 0 Å². The molecule has 10 saturated carbocycles. The van der Waals surface area contributed by atoms with Crippen LogP contribution in [0.25, 0.3) is 0 Å². The zero-order valence-electron chi connectivity index (χ0n) is 46.9. The summed E-state index contributed by atoms with van der Waals surface area (Å²) in [5, 5.41) is 0. The fourth-order valence-corrected chi connectivity index (χ4v) is 14.7. The topological polar surface area (TPSA) is 0 Å². The Kier molecular flexibility index (Phi) is 29.8. The molecule has 10 aliphatic carbocycles. The molecule has 380 valence electrons. The molecule has 0 aromatic carbocycles. The summed E-state index contributed by atoms with van der Waals surface area (Å²) in [4.78, 5) is 0. The van der Waals surface area contributed by atoms with Crippen molar-refractivity contribution in [2.24, 2.45) is 94.2 Å². The molecule has 4 bridgehead atoms. The van der Waals surface area contributed by atoms with Crippen molar-refractivity contribution in [1.82, 2.24) is 0 Å². The first-order chi connectivity index (χ1) is 30.6. The van der Waals surface area contributed by atoms with Gasteiger partial charge in [0.1, 0.15) is 0 Å². The van der Waals surface area contributed by atoms with E-state index in [0.717, 1.165) is 88.8 Å². The minimum absolute atomic E-state index is 0.679. The van der Waals surface area contributed by atoms with Gasteiger partial charge in [0.2, 0.25) is 0 Å². The first-order valence-corrected chi connectivity index (χ1v) is 30.6. The van der Waals surface area contributed by atoms with Crippen LogP contribution in [0.1, 0.15) is 315 Å². The second-order valence-electron chi connectivity index (χ2n) is 27.1. The highest BCUT2D eigenvalue weighted by atomic mass is 14.4. The van der Waals surface area contributed by atoms with Crippen LogP contribution in [-0.4, -0.2) is 0 Å². The molecule has 0 heteroatoms. The van der Waals surface area contributed by atoms with Crippen molar-refractivity contribution < 1.29 is 0 Å². The van der Waals surface area contributed by atoms with Crippen LogP contribution < -0.4 is 0 Å². The van der Waals surface area contributed by atoms with Crippen molar-refractivity contribution >= 4 is 0 Å². The highest BCUT2D eigenvalue weighted by molar-refractivity contribution is 4.89. The molecule has 64 heavy (non-hydrogen) atoms. The maximum Gasteiger partial charge on any atom is -0.0354 e. The summed E-state index contributed by atoms with van der Waals surface area (Å²) in [5.41, 5.74) is 0.679. The summed E-state index contributed by atoms with van der Waals surface area (Å²) < 4.78 is 0. The lowest BCUT2D eigenvalue weighted by atomic mass is 9.78. The van der Waals surface area contributed by atoms with Gasteiger partial charge in [0.25, 0.3) is 0 Å². The molecule has 7 atom stereocenters. The van der Waals surface area contributed by atoms with Gasteiger partial charge in [0, 0.05) is 0 Å². The van der Waals surface area contributed by atoms with Gasteiger partial charge in [-0.15, -0.1) is 0 Å². The van der Waals surface area contributed by atoms with E-state index in [9.17, 15) is 0 Å². The minimum atomic E-state index is 0.679. The summed E-state index contributed by atoms with van der Waals surface area (Å²) in [6, 6.07) is 0. The molecule has 0 radical (unpaired) electrons. The Hall–Kier alpha value is 0. The number of hydrogen-bond donors (Lipinski definition) is 0. The number of rotatable bonds is 3. The third kappa shape index (κ3) is 24.5. The van der Waals surface area contributed by atoms with Crippen LogP contribution in [0.15, 0.2) is 0 Å². The van der Waals surface area contributed by atoms with E-state index in [1.54, 1.807) is 51.4 Å². The van der Waals surface area contributed by atoms with E-state index in [4.69, 9.17) is 0 Å². The van der Waals surface area contributed by atoms with E-state index in [-0.39, 0.29) is 0 Å². The van der Waals surface area contributed by atoms with Crippen LogP contribution in [0.5, 0.6) is 0 Å². The van der Waals surface area contributed by atoms with Gasteiger partial charge >= 0.3 is 0 Å². The van der Waals surface area contributed by atoms with Gasteiger partial charge in [-0.2, -0.15) is 0 Å². The van der Waals surface area contributed by atoms with Crippen molar-refractivity contribution in [2.75, 3.05) is 0 Å². The van der Waals surface area contributed by atoms with Crippen molar-refractivity contribution in [3.05, 3.63) is 0 Å². The molecule has 0 nitrogen and oxygen atoms in total. The van der Waals surface area contributed by atoms with Crippen molar-refractivity contribution in [1.29, 1.82) is 0 Å². The Labute approximate surface area is 407 Å². The monoisotopic (exact) mass is 893 g/mol. The normalized spacial score (nSPS) is 37.2. The average molecular weight is 894 g/mol. The summed E-state index contributed by atoms with van der Waals surface area (Å²) >= 11 is 0. The maximum atomic E-state index is 2.44. The summed E-state index contributed by atoms with van der Waals surface area (Å²) in [6.07, 6.45) is 52.3. The third-order valence-corrected chi connectivity index (χ3v) is 20.2. The van der Waals surface area contributed by atoms with Gasteiger partial charge in [-0.1, -0.05) is 251 Å². The molecule has 0 aromatic heterocycles. The van der Waals surface area contributed by atoms with Gasteiger partial charge in [-0.25, -0.2) is 0 Å². The predicted octanol–water partition coefficient (Wildman–Crippen LogP) is 22.2. The van der Waals surface area contributed by atoms with Crippen LogP contribution in [0.2, 0.25) is 0 Å². The molecule has 0 aromatic rings. The van der Waals surface area contributed by atoms with Crippen molar-refractivity contribution in [3.8, 4) is 0 Å². The predicted molar refractivity (Wildman–Crippen MR) is 290 cm³/mol. The average Bonchev–Trinajstić information content (AvgIpc) is 4.15. The van der Waals surface area contributed by atoms with E-state index in [0.29, 0.717) is 5.41 Å². The van der Waals surface area contributed by atoms with Gasteiger partial charge in [-0.3, -0.25) is 0 Å². The fourth-order valence-electron chi connectivity index (χ4n) is 14.7. The summed E-state index contributed by atoms with van der Waals surface area (Å²) in [7, 11) is 0. The Bertz CT molecular complexity index is 1020. The summed E-state index contributed by atoms with van der Waals surface area (Å²) in [6.45, 7) is 30.8. The molecule has 0 heterocycles. The smallest absolute Gasteiger partial charge is 0.0354 e. The van der Waals surface area contributed by atoms with Gasteiger partial charge < -0.3 is 0 Å². The fraction of sp³-hybridized carbons (Fsp3) is 1.00. The highest BCUT2D eigenvalue weighted by Crippen LogP contribution is 2.49. The second-order valence-corrected chi connectivity index (χ2v) is 27.1. The lowest BCUT2D eigenvalue weighted by Gasteiger charge is -2.28. The molecule has 0 aliphatic heterocycles. The van der Waals surface area contributed by atoms with Crippen LogP contribution in [0.3, 0.4) is 0 Å². The molecule has 0 saturated heterocycles. The lowest BCUT2D eigenvalue weighted by Crippen LogP contribution is -2.14. The Morgan fingerprint density at radius 2 is 0.844 bits per heavy atom. The molecule has 10 rings (SSSR count). The van der Waals surface area contributed by atoms with Crippen LogP contribution >= 0.6 is 0 Å².